The van der Waals surface area contributed by atoms with Crippen molar-refractivity contribution < 1.29 is 33.3 Å². The third kappa shape index (κ3) is 7.97. The summed E-state index contributed by atoms with van der Waals surface area (Å²) in [4.78, 5) is 25.8. The van der Waals surface area contributed by atoms with Crippen molar-refractivity contribution in [2.24, 2.45) is 0 Å². The number of carbonyl (C=O) groups is 2. The molecule has 0 saturated heterocycles. The highest BCUT2D eigenvalue weighted by Gasteiger charge is 2.27. The summed E-state index contributed by atoms with van der Waals surface area (Å²) in [6, 6.07) is 1.49. The Morgan fingerprint density at radius 2 is 1.66 bits per heavy atom. The van der Waals surface area contributed by atoms with Crippen molar-refractivity contribution in [1.29, 1.82) is 0 Å². The van der Waals surface area contributed by atoms with Gasteiger partial charge in [-0.05, 0) is 39.7 Å². The minimum atomic E-state index is -0.625. The number of hydrogen-bond acceptors (Lipinski definition) is 7. The Hall–Kier alpha value is -2.35. The molecule has 8 heteroatoms. The first-order valence-corrected chi connectivity index (χ1v) is 11.2. The molecule has 0 fully saturated rings. The van der Waals surface area contributed by atoms with Crippen molar-refractivity contribution in [3.05, 3.63) is 46.5 Å². The van der Waals surface area contributed by atoms with E-state index >= 15 is 0 Å². The number of ketones is 1. The number of ether oxygens (including phenoxy) is 5. The molecular weight excluding hydrogens is 436 g/mol. The molecule has 1 aromatic rings. The summed E-state index contributed by atoms with van der Waals surface area (Å²) in [7, 11) is 0. The van der Waals surface area contributed by atoms with Crippen LogP contribution in [-0.2, 0) is 25.4 Å². The summed E-state index contributed by atoms with van der Waals surface area (Å²) in [6.45, 7) is 6.23. The summed E-state index contributed by atoms with van der Waals surface area (Å²) < 4.78 is 27.5. The van der Waals surface area contributed by atoms with E-state index in [4.69, 9.17) is 35.3 Å². The Labute approximate surface area is 194 Å². The van der Waals surface area contributed by atoms with Crippen molar-refractivity contribution in [2.75, 3.05) is 26.8 Å². The molecule has 1 atom stereocenters. The fourth-order valence-electron chi connectivity index (χ4n) is 2.98. The summed E-state index contributed by atoms with van der Waals surface area (Å²) in [5, 5.41) is 0.141. The van der Waals surface area contributed by atoms with Gasteiger partial charge >= 0.3 is 5.97 Å². The Kier molecular flexibility index (Phi) is 11.3. The quantitative estimate of drug-likeness (QED) is 0.230. The maximum atomic E-state index is 13.1. The van der Waals surface area contributed by atoms with E-state index in [9.17, 15) is 9.59 Å². The van der Waals surface area contributed by atoms with Crippen LogP contribution in [0.1, 0.15) is 56.0 Å². The molecule has 1 heterocycles. The van der Waals surface area contributed by atoms with E-state index < -0.39 is 5.97 Å². The second-order valence-electron chi connectivity index (χ2n) is 7.10. The van der Waals surface area contributed by atoms with Gasteiger partial charge in [-0.3, -0.25) is 4.79 Å². The average Bonchev–Trinajstić information content (AvgIpc) is 2.75. The Balaban J connectivity index is 2.55. The standard InChI is InChI=1S/C24H31ClO7/c1-4-28-15-30-20-14-21(31-16-29-5-2)23(25)19-13-18(26)12-10-8-6-7-9-11-17(3)32-24(27)22(19)20/h7,9-10,12,14,17H,4-6,8,11,13,15-16H2,1-3H3/b9-7+,12-10+/t17-/m1/s1. The molecule has 0 N–H and O–H groups in total. The van der Waals surface area contributed by atoms with Gasteiger partial charge in [0.25, 0.3) is 0 Å². The van der Waals surface area contributed by atoms with E-state index in [1.165, 1.54) is 12.1 Å². The number of allylic oxidation sites excluding steroid dienone is 3. The van der Waals surface area contributed by atoms with Gasteiger partial charge in [0.15, 0.2) is 19.4 Å². The van der Waals surface area contributed by atoms with Gasteiger partial charge in [-0.1, -0.05) is 29.8 Å². The van der Waals surface area contributed by atoms with Gasteiger partial charge in [-0.15, -0.1) is 0 Å². The number of halogens is 1. The van der Waals surface area contributed by atoms with Gasteiger partial charge in [0.1, 0.15) is 23.2 Å². The van der Waals surface area contributed by atoms with Gasteiger partial charge in [0, 0.05) is 37.7 Å². The Morgan fingerprint density at radius 3 is 2.34 bits per heavy atom. The first-order chi connectivity index (χ1) is 15.5. The van der Waals surface area contributed by atoms with E-state index in [1.54, 1.807) is 6.92 Å². The van der Waals surface area contributed by atoms with Crippen molar-refractivity contribution in [3.8, 4) is 11.5 Å². The molecule has 176 valence electrons. The van der Waals surface area contributed by atoms with E-state index in [2.05, 4.69) is 0 Å². The lowest BCUT2D eigenvalue weighted by Gasteiger charge is -2.20. The zero-order valence-electron chi connectivity index (χ0n) is 18.9. The molecule has 2 rings (SSSR count). The van der Waals surface area contributed by atoms with Crippen LogP contribution in [0.5, 0.6) is 11.5 Å². The fraction of sp³-hybridized carbons (Fsp3) is 0.500. The summed E-state index contributed by atoms with van der Waals surface area (Å²) in [5.74, 6) is -0.416. The number of hydrogen-bond donors (Lipinski definition) is 0. The van der Waals surface area contributed by atoms with Gasteiger partial charge in [0.05, 0.1) is 5.02 Å². The normalized spacial score (nSPS) is 19.4. The van der Waals surface area contributed by atoms with Crippen LogP contribution in [0.4, 0.5) is 0 Å². The molecule has 0 bridgehead atoms. The molecular formula is C24H31ClO7. The summed E-state index contributed by atoms with van der Waals surface area (Å²) in [5.41, 5.74) is 0.375. The van der Waals surface area contributed by atoms with Crippen LogP contribution in [-0.4, -0.2) is 44.7 Å². The smallest absolute Gasteiger partial charge is 0.342 e. The highest BCUT2D eigenvalue weighted by atomic mass is 35.5. The summed E-state index contributed by atoms with van der Waals surface area (Å²) in [6.07, 6.45) is 8.91. The van der Waals surface area contributed by atoms with Crippen LogP contribution in [0, 0.1) is 0 Å². The Morgan fingerprint density at radius 1 is 1.00 bits per heavy atom. The number of benzene rings is 1. The van der Waals surface area contributed by atoms with Crippen molar-refractivity contribution >= 4 is 23.4 Å². The molecule has 32 heavy (non-hydrogen) atoms. The molecule has 7 nitrogen and oxygen atoms in total. The minimum absolute atomic E-state index is 0.0401. The maximum absolute atomic E-state index is 13.1. The second kappa shape index (κ2) is 13.9. The molecule has 1 aliphatic heterocycles. The third-order valence-electron chi connectivity index (χ3n) is 4.60. The van der Waals surface area contributed by atoms with Crippen LogP contribution >= 0.6 is 11.6 Å². The number of rotatable bonds is 8. The lowest BCUT2D eigenvalue weighted by atomic mass is 9.99. The van der Waals surface area contributed by atoms with Crippen LogP contribution in [0.15, 0.2) is 30.4 Å². The first kappa shape index (κ1) is 25.9. The van der Waals surface area contributed by atoms with Gasteiger partial charge in [-0.2, -0.15) is 0 Å². The van der Waals surface area contributed by atoms with Crippen molar-refractivity contribution in [2.45, 2.75) is 52.6 Å². The molecule has 0 spiro atoms. The van der Waals surface area contributed by atoms with E-state index in [-0.39, 0.29) is 59.5 Å². The fourth-order valence-corrected chi connectivity index (χ4v) is 3.25. The van der Waals surface area contributed by atoms with E-state index in [0.717, 1.165) is 12.8 Å². The number of fused-ring (bicyclic) bond motifs is 1. The molecule has 1 aliphatic rings. The van der Waals surface area contributed by atoms with Crippen molar-refractivity contribution in [3.63, 3.8) is 0 Å². The zero-order chi connectivity index (χ0) is 23.3. The molecule has 0 aliphatic carbocycles. The highest BCUT2D eigenvalue weighted by Crippen LogP contribution is 2.39. The van der Waals surface area contributed by atoms with Crippen LogP contribution in [0.25, 0.3) is 0 Å². The van der Waals surface area contributed by atoms with Gasteiger partial charge in [0.2, 0.25) is 0 Å². The Bertz CT molecular complexity index is 832. The maximum Gasteiger partial charge on any atom is 0.342 e. The number of carbonyl (C=O) groups excluding carboxylic acids is 2. The monoisotopic (exact) mass is 466 g/mol. The number of cyclic esters (lactones) is 1. The molecule has 0 aromatic heterocycles. The number of esters is 1. The average molecular weight is 467 g/mol. The lowest BCUT2D eigenvalue weighted by molar-refractivity contribution is -0.114. The molecule has 0 amide bonds. The van der Waals surface area contributed by atoms with Gasteiger partial charge < -0.3 is 23.7 Å². The molecule has 1 aromatic carbocycles. The lowest BCUT2D eigenvalue weighted by Crippen LogP contribution is -2.19. The third-order valence-corrected chi connectivity index (χ3v) is 5.01. The highest BCUT2D eigenvalue weighted by molar-refractivity contribution is 6.33. The second-order valence-corrected chi connectivity index (χ2v) is 7.47. The summed E-state index contributed by atoms with van der Waals surface area (Å²) >= 11 is 6.59. The molecule has 0 saturated carbocycles. The van der Waals surface area contributed by atoms with Crippen LogP contribution < -0.4 is 9.47 Å². The zero-order valence-corrected chi connectivity index (χ0v) is 19.6. The first-order valence-electron chi connectivity index (χ1n) is 10.8. The van der Waals surface area contributed by atoms with Gasteiger partial charge in [-0.25, -0.2) is 4.79 Å². The largest absolute Gasteiger partial charge is 0.466 e. The van der Waals surface area contributed by atoms with Crippen LogP contribution in [0.2, 0.25) is 5.02 Å². The SMILES string of the molecule is CCOCOc1cc(OCOCC)c2c(c1Cl)CC(=O)/C=C/CC/C=C/C[C@@H](C)OC2=O. The predicted octanol–water partition coefficient (Wildman–Crippen LogP) is 5.04. The van der Waals surface area contributed by atoms with E-state index in [1.807, 2.05) is 32.1 Å². The van der Waals surface area contributed by atoms with E-state index in [0.29, 0.717) is 19.6 Å². The predicted molar refractivity (Wildman–Crippen MR) is 121 cm³/mol. The topological polar surface area (TPSA) is 80.3 Å². The van der Waals surface area contributed by atoms with Crippen molar-refractivity contribution in [1.82, 2.24) is 0 Å². The van der Waals surface area contributed by atoms with Crippen LogP contribution in [0.3, 0.4) is 0 Å². The molecule has 0 unspecified atom stereocenters. The molecule has 0 radical (unpaired) electrons. The minimum Gasteiger partial charge on any atom is -0.466 e.